The van der Waals surface area contributed by atoms with Gasteiger partial charge in [-0.15, -0.1) is 9.94 Å². The van der Waals surface area contributed by atoms with Crippen molar-refractivity contribution < 1.29 is 9.94 Å². The summed E-state index contributed by atoms with van der Waals surface area (Å²) in [6.45, 7) is 0.0974. The molecule has 0 aliphatic heterocycles. The summed E-state index contributed by atoms with van der Waals surface area (Å²) in [4.78, 5) is 5.98. The normalized spacial score (nSPS) is 9.91. The Labute approximate surface area is 63.3 Å². The Balaban J connectivity index is 2.58. The van der Waals surface area contributed by atoms with Gasteiger partial charge in [-0.3, -0.25) is 0 Å². The lowest BCUT2D eigenvalue weighted by molar-refractivity contribution is 0.0546. The van der Waals surface area contributed by atoms with Crippen LogP contribution in [0.2, 0.25) is 0 Å². The first-order valence-electron chi connectivity index (χ1n) is 3.09. The molecule has 62 valence electrons. The van der Waals surface area contributed by atoms with Crippen molar-refractivity contribution in [1.29, 1.82) is 0 Å². The molecule has 5 N–H and O–H groups in total. The molecule has 0 aliphatic rings. The number of aliphatic hydroxyl groups excluding tert-OH is 1. The van der Waals surface area contributed by atoms with E-state index in [2.05, 4.69) is 5.10 Å². The summed E-state index contributed by atoms with van der Waals surface area (Å²) >= 11 is 0. The molecule has 6 nitrogen and oxygen atoms in total. The van der Waals surface area contributed by atoms with Gasteiger partial charge in [-0.25, -0.2) is 0 Å². The van der Waals surface area contributed by atoms with Crippen LogP contribution >= 0.6 is 0 Å². The van der Waals surface area contributed by atoms with E-state index in [1.807, 2.05) is 0 Å². The van der Waals surface area contributed by atoms with E-state index in [1.54, 1.807) is 0 Å². The monoisotopic (exact) mass is 158 g/mol. The molecule has 0 amide bonds. The fourth-order valence-electron chi connectivity index (χ4n) is 0.578. The molecule has 6 heteroatoms. The fraction of sp³-hybridized carbons (Fsp3) is 0.400. The van der Waals surface area contributed by atoms with Crippen LogP contribution in [-0.2, 0) is 0 Å². The number of aromatic nitrogens is 2. The molecule has 1 heterocycles. The number of hydrogen-bond acceptors (Lipinski definition) is 5. The summed E-state index contributed by atoms with van der Waals surface area (Å²) in [5, 5.41) is 12.1. The van der Waals surface area contributed by atoms with Crippen molar-refractivity contribution in [2.45, 2.75) is 0 Å². The van der Waals surface area contributed by atoms with Gasteiger partial charge in [0.25, 0.3) is 0 Å². The summed E-state index contributed by atoms with van der Waals surface area (Å²) in [6.07, 6.45) is 1.44. The standard InChI is InChI=1S/C5H10N4O2/c6-4-3-9(8-5(4)7)11-2-1-10/h3,10H,1-2,6H2,(H2,7,8). The maximum Gasteiger partial charge on any atom is 0.172 e. The largest absolute Gasteiger partial charge is 0.394 e. The van der Waals surface area contributed by atoms with Gasteiger partial charge in [-0.05, 0) is 0 Å². The third-order valence-corrected chi connectivity index (χ3v) is 1.07. The van der Waals surface area contributed by atoms with Gasteiger partial charge in [-0.1, -0.05) is 0 Å². The SMILES string of the molecule is Nc1cn(OCCO)nc1N. The van der Waals surface area contributed by atoms with E-state index in [4.69, 9.17) is 21.4 Å². The lowest BCUT2D eigenvalue weighted by Gasteiger charge is -1.99. The Morgan fingerprint density at radius 1 is 1.64 bits per heavy atom. The Morgan fingerprint density at radius 2 is 2.36 bits per heavy atom. The molecule has 0 aromatic carbocycles. The van der Waals surface area contributed by atoms with Crippen molar-refractivity contribution in [3.05, 3.63) is 6.20 Å². The van der Waals surface area contributed by atoms with Gasteiger partial charge >= 0.3 is 0 Å². The Bertz CT molecular complexity index is 215. The molecule has 0 radical (unpaired) electrons. The zero-order valence-corrected chi connectivity index (χ0v) is 5.90. The minimum absolute atomic E-state index is 0.0698. The van der Waals surface area contributed by atoms with Crippen LogP contribution in [0.3, 0.4) is 0 Å². The van der Waals surface area contributed by atoms with Gasteiger partial charge in [0.15, 0.2) is 5.82 Å². The highest BCUT2D eigenvalue weighted by Gasteiger charge is 2.00. The lowest BCUT2D eigenvalue weighted by atomic mass is 10.6. The second kappa shape index (κ2) is 3.11. The molecule has 1 rings (SSSR count). The fourth-order valence-corrected chi connectivity index (χ4v) is 0.578. The van der Waals surface area contributed by atoms with Crippen LogP contribution in [0.4, 0.5) is 11.5 Å². The van der Waals surface area contributed by atoms with Crippen LogP contribution in [0, 0.1) is 0 Å². The van der Waals surface area contributed by atoms with Gasteiger partial charge in [0.1, 0.15) is 6.61 Å². The molecule has 0 saturated carbocycles. The summed E-state index contributed by atoms with van der Waals surface area (Å²) in [7, 11) is 0. The number of nitrogens with two attached hydrogens (primary N) is 2. The first kappa shape index (κ1) is 7.67. The molecule has 0 unspecified atom stereocenters. The van der Waals surface area contributed by atoms with E-state index >= 15 is 0 Å². The number of hydrogen-bond donors (Lipinski definition) is 3. The van der Waals surface area contributed by atoms with Crippen molar-refractivity contribution in [2.75, 3.05) is 24.7 Å². The van der Waals surface area contributed by atoms with E-state index in [9.17, 15) is 0 Å². The van der Waals surface area contributed by atoms with Crippen LogP contribution in [0.5, 0.6) is 0 Å². The van der Waals surface area contributed by atoms with Crippen LogP contribution in [-0.4, -0.2) is 28.3 Å². The van der Waals surface area contributed by atoms with E-state index in [0.717, 1.165) is 4.85 Å². The smallest absolute Gasteiger partial charge is 0.172 e. The summed E-state index contributed by atoms with van der Waals surface area (Å²) in [5.74, 6) is 0.225. The molecule has 0 spiro atoms. The molecule has 0 saturated heterocycles. The second-order valence-electron chi connectivity index (χ2n) is 1.93. The van der Waals surface area contributed by atoms with Crippen molar-refractivity contribution in [2.24, 2.45) is 0 Å². The Kier molecular flexibility index (Phi) is 2.17. The molecule has 0 aliphatic carbocycles. The number of aliphatic hydroxyl groups is 1. The summed E-state index contributed by atoms with van der Waals surface area (Å²) in [5.41, 5.74) is 11.0. The topological polar surface area (TPSA) is 99.3 Å². The first-order chi connectivity index (χ1) is 5.24. The highest BCUT2D eigenvalue weighted by molar-refractivity contribution is 5.55. The number of nitrogens with zero attached hydrogens (tertiary/aromatic N) is 2. The van der Waals surface area contributed by atoms with Gasteiger partial charge < -0.3 is 21.4 Å². The van der Waals surface area contributed by atoms with Crippen LogP contribution in [0.15, 0.2) is 6.20 Å². The summed E-state index contributed by atoms with van der Waals surface area (Å²) in [6, 6.07) is 0. The van der Waals surface area contributed by atoms with Crippen molar-refractivity contribution >= 4 is 11.5 Å². The van der Waals surface area contributed by atoms with Crippen LogP contribution < -0.4 is 16.3 Å². The van der Waals surface area contributed by atoms with Crippen molar-refractivity contribution in [1.82, 2.24) is 9.94 Å². The molecule has 11 heavy (non-hydrogen) atoms. The van der Waals surface area contributed by atoms with Crippen molar-refractivity contribution in [3.63, 3.8) is 0 Å². The van der Waals surface area contributed by atoms with Crippen LogP contribution in [0.1, 0.15) is 0 Å². The maximum absolute atomic E-state index is 8.38. The quantitative estimate of drug-likeness (QED) is 0.495. The molecule has 0 bridgehead atoms. The molecule has 0 fully saturated rings. The van der Waals surface area contributed by atoms with E-state index in [0.29, 0.717) is 5.69 Å². The highest BCUT2D eigenvalue weighted by Crippen LogP contribution is 2.08. The van der Waals surface area contributed by atoms with Crippen molar-refractivity contribution in [3.8, 4) is 0 Å². The van der Waals surface area contributed by atoms with E-state index < -0.39 is 0 Å². The Morgan fingerprint density at radius 3 is 2.82 bits per heavy atom. The molecular formula is C5H10N4O2. The van der Waals surface area contributed by atoms with Gasteiger partial charge in [0, 0.05) is 0 Å². The maximum atomic E-state index is 8.38. The molecule has 1 aromatic heterocycles. The lowest BCUT2D eigenvalue weighted by Crippen LogP contribution is -2.15. The minimum Gasteiger partial charge on any atom is -0.394 e. The first-order valence-corrected chi connectivity index (χ1v) is 3.09. The Hall–Kier alpha value is -1.43. The molecule has 0 atom stereocenters. The van der Waals surface area contributed by atoms with Gasteiger partial charge in [-0.2, -0.15) is 0 Å². The number of nitrogen functional groups attached to an aromatic ring is 2. The average molecular weight is 158 g/mol. The van der Waals surface area contributed by atoms with Gasteiger partial charge in [0.05, 0.1) is 18.5 Å². The van der Waals surface area contributed by atoms with Gasteiger partial charge in [0.2, 0.25) is 0 Å². The third-order valence-electron chi connectivity index (χ3n) is 1.07. The van der Waals surface area contributed by atoms with E-state index in [-0.39, 0.29) is 19.0 Å². The van der Waals surface area contributed by atoms with Crippen LogP contribution in [0.25, 0.3) is 0 Å². The second-order valence-corrected chi connectivity index (χ2v) is 1.93. The molecular weight excluding hydrogens is 148 g/mol. The zero-order valence-electron chi connectivity index (χ0n) is 5.90. The summed E-state index contributed by atoms with van der Waals surface area (Å²) < 4.78 is 0. The third kappa shape index (κ3) is 1.74. The predicted molar refractivity (Wildman–Crippen MR) is 39.6 cm³/mol. The van der Waals surface area contributed by atoms with E-state index in [1.165, 1.54) is 6.20 Å². The minimum atomic E-state index is -0.0698. The zero-order chi connectivity index (χ0) is 8.27. The predicted octanol–water partition coefficient (Wildman–Crippen LogP) is -1.53. The average Bonchev–Trinajstić information content (AvgIpc) is 2.28. The highest BCUT2D eigenvalue weighted by atomic mass is 16.7. The number of anilines is 2. The number of rotatable bonds is 3. The molecule has 1 aromatic rings.